The van der Waals surface area contributed by atoms with E-state index >= 15 is 0 Å². The molecule has 1 aromatic heterocycles. The largest absolute Gasteiger partial charge is 0.465 e. The van der Waals surface area contributed by atoms with Gasteiger partial charge in [-0.05, 0) is 30.3 Å². The summed E-state index contributed by atoms with van der Waals surface area (Å²) in [5.41, 5.74) is 0.497. The highest BCUT2D eigenvalue weighted by Gasteiger charge is 2.24. The van der Waals surface area contributed by atoms with Gasteiger partial charge in [-0.3, -0.25) is 9.59 Å². The Morgan fingerprint density at radius 3 is 2.38 bits per heavy atom. The number of carbonyl (C=O) groups is 2. The molecule has 3 rings (SSSR count). The molecule has 0 saturated carbocycles. The second kappa shape index (κ2) is 7.36. The van der Waals surface area contributed by atoms with Gasteiger partial charge in [0.15, 0.2) is 0 Å². The molecule has 0 aliphatic carbocycles. The number of halogens is 1. The van der Waals surface area contributed by atoms with Crippen LogP contribution in [-0.2, 0) is 4.79 Å². The average molecular weight is 345 g/mol. The maximum absolute atomic E-state index is 12.5. The second-order valence-corrected chi connectivity index (χ2v) is 5.85. The minimum atomic E-state index is -0.0983. The molecule has 5 nitrogen and oxygen atoms in total. The van der Waals surface area contributed by atoms with E-state index in [1.807, 2.05) is 0 Å². The number of rotatable bonds is 3. The fraction of sp³-hybridized carbons (Fsp3) is 0.222. The molecular weight excluding hydrogens is 328 g/mol. The molecule has 0 unspecified atom stereocenters. The summed E-state index contributed by atoms with van der Waals surface area (Å²) in [7, 11) is 0. The number of hydrogen-bond donors (Lipinski definition) is 0. The van der Waals surface area contributed by atoms with Crippen molar-refractivity contribution in [2.45, 2.75) is 0 Å². The van der Waals surface area contributed by atoms with E-state index in [0.717, 1.165) is 0 Å². The number of carbonyl (C=O) groups excluding carboxylic acids is 2. The van der Waals surface area contributed by atoms with Gasteiger partial charge in [0.2, 0.25) is 5.91 Å². The summed E-state index contributed by atoms with van der Waals surface area (Å²) in [5.74, 6) is 0.450. The van der Waals surface area contributed by atoms with Crippen molar-refractivity contribution in [1.29, 1.82) is 0 Å². The third-order valence-electron chi connectivity index (χ3n) is 3.92. The van der Waals surface area contributed by atoms with Crippen molar-refractivity contribution in [3.8, 4) is 0 Å². The Labute approximate surface area is 145 Å². The van der Waals surface area contributed by atoms with Gasteiger partial charge in [0.1, 0.15) is 5.76 Å². The molecule has 1 aliphatic rings. The van der Waals surface area contributed by atoms with E-state index in [4.69, 9.17) is 16.0 Å². The number of furan rings is 1. The van der Waals surface area contributed by atoms with Crippen molar-refractivity contribution in [2.75, 3.05) is 26.2 Å². The number of hydrogen-bond acceptors (Lipinski definition) is 3. The Balaban J connectivity index is 1.56. The average Bonchev–Trinajstić information content (AvgIpc) is 3.13. The molecule has 1 aromatic carbocycles. The van der Waals surface area contributed by atoms with E-state index in [2.05, 4.69) is 0 Å². The van der Waals surface area contributed by atoms with Crippen LogP contribution in [-0.4, -0.2) is 47.8 Å². The van der Waals surface area contributed by atoms with Crippen molar-refractivity contribution >= 4 is 29.5 Å². The molecule has 1 fully saturated rings. The van der Waals surface area contributed by atoms with Gasteiger partial charge < -0.3 is 14.2 Å². The molecule has 0 N–H and O–H groups in total. The second-order valence-electron chi connectivity index (χ2n) is 5.45. The smallest absolute Gasteiger partial charge is 0.255 e. The summed E-state index contributed by atoms with van der Waals surface area (Å²) >= 11 is 6.08. The molecule has 0 atom stereocenters. The lowest BCUT2D eigenvalue weighted by atomic mass is 10.2. The van der Waals surface area contributed by atoms with Gasteiger partial charge in [0, 0.05) is 32.3 Å². The number of amides is 2. The fourth-order valence-electron chi connectivity index (χ4n) is 2.58. The Morgan fingerprint density at radius 1 is 1.00 bits per heavy atom. The molecule has 0 bridgehead atoms. The first kappa shape index (κ1) is 16.3. The highest BCUT2D eigenvalue weighted by molar-refractivity contribution is 6.33. The van der Waals surface area contributed by atoms with Gasteiger partial charge in [-0.15, -0.1) is 0 Å². The van der Waals surface area contributed by atoms with Gasteiger partial charge in [-0.2, -0.15) is 0 Å². The molecule has 1 aliphatic heterocycles. The molecule has 0 radical (unpaired) electrons. The van der Waals surface area contributed by atoms with Crippen LogP contribution < -0.4 is 0 Å². The van der Waals surface area contributed by atoms with E-state index in [1.54, 1.807) is 58.5 Å². The maximum Gasteiger partial charge on any atom is 0.255 e. The normalized spacial score (nSPS) is 15.0. The summed E-state index contributed by atoms with van der Waals surface area (Å²) in [5, 5.41) is 0.447. The van der Waals surface area contributed by atoms with Crippen molar-refractivity contribution in [3.05, 3.63) is 65.1 Å². The number of nitrogens with zero attached hydrogens (tertiary/aromatic N) is 2. The first-order valence-electron chi connectivity index (χ1n) is 7.69. The van der Waals surface area contributed by atoms with Crippen LogP contribution in [0, 0.1) is 0 Å². The topological polar surface area (TPSA) is 53.8 Å². The molecule has 0 spiro atoms. The van der Waals surface area contributed by atoms with E-state index < -0.39 is 0 Å². The lowest BCUT2D eigenvalue weighted by Gasteiger charge is -2.34. The van der Waals surface area contributed by atoms with E-state index in [-0.39, 0.29) is 11.8 Å². The summed E-state index contributed by atoms with van der Waals surface area (Å²) < 4.78 is 5.16. The summed E-state index contributed by atoms with van der Waals surface area (Å²) in [4.78, 5) is 28.1. The lowest BCUT2D eigenvalue weighted by molar-refractivity contribution is -0.127. The van der Waals surface area contributed by atoms with Crippen LogP contribution >= 0.6 is 11.6 Å². The van der Waals surface area contributed by atoms with E-state index in [0.29, 0.717) is 42.5 Å². The Kier molecular flexibility index (Phi) is 5.01. The van der Waals surface area contributed by atoms with Gasteiger partial charge in [-0.25, -0.2) is 0 Å². The maximum atomic E-state index is 12.5. The number of benzene rings is 1. The van der Waals surface area contributed by atoms with E-state index in [9.17, 15) is 9.59 Å². The fourth-order valence-corrected chi connectivity index (χ4v) is 2.80. The molecule has 2 aromatic rings. The Morgan fingerprint density at radius 2 is 1.71 bits per heavy atom. The first-order valence-corrected chi connectivity index (χ1v) is 8.07. The molecule has 124 valence electrons. The Hall–Kier alpha value is -2.53. The minimum Gasteiger partial charge on any atom is -0.465 e. The predicted molar refractivity (Wildman–Crippen MR) is 91.7 cm³/mol. The molecular formula is C18H17ClN2O3. The molecule has 1 saturated heterocycles. The van der Waals surface area contributed by atoms with Crippen molar-refractivity contribution < 1.29 is 14.0 Å². The molecule has 2 heterocycles. The van der Waals surface area contributed by atoms with Gasteiger partial charge in [-0.1, -0.05) is 23.7 Å². The number of piperazine rings is 1. The minimum absolute atomic E-state index is 0.0868. The van der Waals surface area contributed by atoms with Crippen LogP contribution in [0.1, 0.15) is 16.1 Å². The summed E-state index contributed by atoms with van der Waals surface area (Å²) in [6, 6.07) is 10.6. The highest BCUT2D eigenvalue weighted by atomic mass is 35.5. The molecule has 24 heavy (non-hydrogen) atoms. The first-order chi connectivity index (χ1) is 11.6. The van der Waals surface area contributed by atoms with Crippen LogP contribution in [0.15, 0.2) is 53.2 Å². The molecule has 2 amide bonds. The SMILES string of the molecule is O=C(/C=C/c1ccco1)N1CCN(C(=O)c2ccccc2Cl)CC1. The zero-order chi connectivity index (χ0) is 16.9. The van der Waals surface area contributed by atoms with Crippen LogP contribution in [0.3, 0.4) is 0 Å². The van der Waals surface area contributed by atoms with Gasteiger partial charge >= 0.3 is 0 Å². The Bertz CT molecular complexity index is 747. The standard InChI is InChI=1S/C18H17ClN2O3/c19-16-6-2-1-5-15(16)18(23)21-11-9-20(10-12-21)17(22)8-7-14-4-3-13-24-14/h1-8,13H,9-12H2/b8-7+. The van der Waals surface area contributed by atoms with Crippen LogP contribution in [0.2, 0.25) is 5.02 Å². The van der Waals surface area contributed by atoms with Crippen molar-refractivity contribution in [1.82, 2.24) is 9.80 Å². The van der Waals surface area contributed by atoms with Crippen molar-refractivity contribution in [2.24, 2.45) is 0 Å². The third kappa shape index (κ3) is 3.68. The summed E-state index contributed by atoms with van der Waals surface area (Å²) in [6.07, 6.45) is 4.69. The molecule has 6 heteroatoms. The van der Waals surface area contributed by atoms with Gasteiger partial charge in [0.25, 0.3) is 5.91 Å². The van der Waals surface area contributed by atoms with Crippen LogP contribution in [0.25, 0.3) is 6.08 Å². The zero-order valence-electron chi connectivity index (χ0n) is 13.0. The van der Waals surface area contributed by atoms with Gasteiger partial charge in [0.05, 0.1) is 16.8 Å². The highest BCUT2D eigenvalue weighted by Crippen LogP contribution is 2.18. The lowest BCUT2D eigenvalue weighted by Crippen LogP contribution is -2.50. The summed E-state index contributed by atoms with van der Waals surface area (Å²) in [6.45, 7) is 1.98. The van der Waals surface area contributed by atoms with Crippen LogP contribution in [0.5, 0.6) is 0 Å². The van der Waals surface area contributed by atoms with Crippen molar-refractivity contribution in [3.63, 3.8) is 0 Å². The van der Waals surface area contributed by atoms with Crippen LogP contribution in [0.4, 0.5) is 0 Å². The predicted octanol–water partition coefficient (Wildman–Crippen LogP) is 2.93. The quantitative estimate of drug-likeness (QED) is 0.804. The zero-order valence-corrected chi connectivity index (χ0v) is 13.8. The monoisotopic (exact) mass is 344 g/mol. The third-order valence-corrected chi connectivity index (χ3v) is 4.25. The van der Waals surface area contributed by atoms with E-state index in [1.165, 1.54) is 6.08 Å².